The maximum atomic E-state index is 9.25. The number of fused-ring (bicyclic) bond motifs is 1. The highest BCUT2D eigenvalue weighted by molar-refractivity contribution is 6.14. The highest BCUT2D eigenvalue weighted by Crippen LogP contribution is 2.42. The molecule has 0 spiro atoms. The molecule has 154 valence electrons. The lowest BCUT2D eigenvalue weighted by atomic mass is 10.0. The topological polar surface area (TPSA) is 42.6 Å². The minimum atomic E-state index is 0.0599. The second-order valence-corrected chi connectivity index (χ2v) is 7.71. The smallest absolute Gasteiger partial charge is 0.161 e. The van der Waals surface area contributed by atoms with E-state index in [0.29, 0.717) is 5.56 Å². The third-order valence-corrected chi connectivity index (χ3v) is 5.73. The van der Waals surface area contributed by atoms with Crippen molar-refractivity contribution >= 4 is 22.9 Å². The largest absolute Gasteiger partial charge is 0.315 e. The zero-order chi connectivity index (χ0) is 21.9. The standard InChI is InChI=1S/C28H22N4/c1-21(23-10-4-2-5-11-23)31-26-14-8-9-15-27(26)32(25-12-6-3-7-13-25)30-28(31)24-18-16-22(20-29)17-19-24/h2-19,21H,1H3. The van der Waals surface area contributed by atoms with E-state index in [-0.39, 0.29) is 6.04 Å². The molecule has 0 fully saturated rings. The summed E-state index contributed by atoms with van der Waals surface area (Å²) in [6.45, 7) is 2.20. The predicted octanol–water partition coefficient (Wildman–Crippen LogP) is 6.64. The van der Waals surface area contributed by atoms with Gasteiger partial charge in [0.15, 0.2) is 5.84 Å². The second kappa shape index (κ2) is 8.41. The van der Waals surface area contributed by atoms with Crippen LogP contribution in [-0.4, -0.2) is 5.84 Å². The fraction of sp³-hybridized carbons (Fsp3) is 0.0714. The molecule has 1 aliphatic rings. The minimum Gasteiger partial charge on any atom is -0.315 e. The van der Waals surface area contributed by atoms with Crippen LogP contribution >= 0.6 is 0 Å². The Balaban J connectivity index is 1.72. The van der Waals surface area contributed by atoms with Gasteiger partial charge in [-0.25, -0.2) is 5.01 Å². The van der Waals surface area contributed by atoms with Crippen molar-refractivity contribution in [2.24, 2.45) is 5.10 Å². The zero-order valence-electron chi connectivity index (χ0n) is 17.8. The van der Waals surface area contributed by atoms with E-state index < -0.39 is 0 Å². The molecule has 0 aromatic heterocycles. The average molecular weight is 415 g/mol. The Morgan fingerprint density at radius 1 is 0.719 bits per heavy atom. The molecule has 32 heavy (non-hydrogen) atoms. The van der Waals surface area contributed by atoms with Gasteiger partial charge in [0.05, 0.1) is 34.7 Å². The van der Waals surface area contributed by atoms with Gasteiger partial charge in [-0.3, -0.25) is 0 Å². The summed E-state index contributed by atoms with van der Waals surface area (Å²) in [6.07, 6.45) is 0. The maximum absolute atomic E-state index is 9.25. The molecule has 4 nitrogen and oxygen atoms in total. The number of rotatable bonds is 4. The quantitative estimate of drug-likeness (QED) is 0.376. The Bertz CT molecular complexity index is 1290. The highest BCUT2D eigenvalue weighted by Gasteiger charge is 2.31. The number of hydrazone groups is 1. The lowest BCUT2D eigenvalue weighted by Gasteiger charge is -2.40. The average Bonchev–Trinajstić information content (AvgIpc) is 2.88. The van der Waals surface area contributed by atoms with Crippen LogP contribution in [0.25, 0.3) is 0 Å². The molecule has 5 rings (SSSR count). The lowest BCUT2D eigenvalue weighted by molar-refractivity contribution is 0.777. The summed E-state index contributed by atoms with van der Waals surface area (Å²) in [4.78, 5) is 2.28. The van der Waals surface area contributed by atoms with Gasteiger partial charge < -0.3 is 4.90 Å². The first-order valence-electron chi connectivity index (χ1n) is 10.6. The van der Waals surface area contributed by atoms with Crippen LogP contribution in [0.5, 0.6) is 0 Å². The first kappa shape index (κ1) is 19.6. The minimum absolute atomic E-state index is 0.0599. The van der Waals surface area contributed by atoms with E-state index in [1.54, 1.807) is 0 Å². The van der Waals surface area contributed by atoms with Crippen LogP contribution in [0.3, 0.4) is 0 Å². The number of amidine groups is 1. The van der Waals surface area contributed by atoms with Crippen molar-refractivity contribution in [3.8, 4) is 6.07 Å². The van der Waals surface area contributed by atoms with Gasteiger partial charge in [0.1, 0.15) is 0 Å². The maximum Gasteiger partial charge on any atom is 0.161 e. The molecule has 4 aromatic carbocycles. The molecule has 0 saturated carbocycles. The third kappa shape index (κ3) is 3.51. The third-order valence-electron chi connectivity index (χ3n) is 5.73. The fourth-order valence-corrected chi connectivity index (χ4v) is 4.09. The molecule has 0 amide bonds. The lowest BCUT2D eigenvalue weighted by Crippen LogP contribution is -2.39. The number of hydrogen-bond acceptors (Lipinski definition) is 4. The van der Waals surface area contributed by atoms with Gasteiger partial charge in [-0.1, -0.05) is 60.7 Å². The Morgan fingerprint density at radius 3 is 1.97 bits per heavy atom. The number of nitrogens with zero attached hydrogens (tertiary/aromatic N) is 4. The van der Waals surface area contributed by atoms with Crippen molar-refractivity contribution in [2.45, 2.75) is 13.0 Å². The number of nitriles is 1. The molecule has 0 N–H and O–H groups in total. The van der Waals surface area contributed by atoms with E-state index >= 15 is 0 Å². The van der Waals surface area contributed by atoms with Crippen molar-refractivity contribution in [1.29, 1.82) is 5.26 Å². The Labute approximate surface area is 188 Å². The van der Waals surface area contributed by atoms with E-state index in [9.17, 15) is 5.26 Å². The van der Waals surface area contributed by atoms with Crippen LogP contribution in [0.15, 0.2) is 114 Å². The molecular weight excluding hydrogens is 392 g/mol. The van der Waals surface area contributed by atoms with Gasteiger partial charge in [-0.05, 0) is 61.0 Å². The molecule has 4 heteroatoms. The van der Waals surface area contributed by atoms with Gasteiger partial charge in [-0.2, -0.15) is 5.26 Å². The summed E-state index contributed by atoms with van der Waals surface area (Å²) >= 11 is 0. The molecule has 0 radical (unpaired) electrons. The summed E-state index contributed by atoms with van der Waals surface area (Å²) in [5.74, 6) is 0.841. The van der Waals surface area contributed by atoms with E-state index in [0.717, 1.165) is 28.5 Å². The summed E-state index contributed by atoms with van der Waals surface area (Å²) < 4.78 is 0. The summed E-state index contributed by atoms with van der Waals surface area (Å²) in [7, 11) is 0. The fourth-order valence-electron chi connectivity index (χ4n) is 4.09. The van der Waals surface area contributed by atoms with Crippen LogP contribution in [-0.2, 0) is 0 Å². The number of anilines is 3. The van der Waals surface area contributed by atoms with Gasteiger partial charge in [0, 0.05) is 5.56 Å². The Morgan fingerprint density at radius 2 is 1.31 bits per heavy atom. The monoisotopic (exact) mass is 414 g/mol. The molecule has 1 atom stereocenters. The number of benzene rings is 4. The van der Waals surface area contributed by atoms with Crippen molar-refractivity contribution in [1.82, 2.24) is 0 Å². The predicted molar refractivity (Wildman–Crippen MR) is 130 cm³/mol. The number of para-hydroxylation sites is 3. The van der Waals surface area contributed by atoms with Crippen molar-refractivity contribution in [3.05, 3.63) is 126 Å². The van der Waals surface area contributed by atoms with Gasteiger partial charge in [-0.15, -0.1) is 5.10 Å². The first-order valence-corrected chi connectivity index (χ1v) is 10.6. The van der Waals surface area contributed by atoms with E-state index in [4.69, 9.17) is 5.10 Å². The van der Waals surface area contributed by atoms with Crippen LogP contribution in [0.1, 0.15) is 29.7 Å². The van der Waals surface area contributed by atoms with Gasteiger partial charge in [0.25, 0.3) is 0 Å². The molecule has 0 saturated heterocycles. The molecular formula is C28H22N4. The summed E-state index contributed by atoms with van der Waals surface area (Å²) in [6, 6.07) is 38.9. The zero-order valence-corrected chi connectivity index (χ0v) is 17.8. The van der Waals surface area contributed by atoms with E-state index in [1.807, 2.05) is 59.6 Å². The Kier molecular flexibility index (Phi) is 5.15. The summed E-state index contributed by atoms with van der Waals surface area (Å²) in [5.41, 5.74) is 5.91. The molecule has 4 aromatic rings. The van der Waals surface area contributed by atoms with Crippen molar-refractivity contribution in [2.75, 3.05) is 9.91 Å². The van der Waals surface area contributed by atoms with E-state index in [1.165, 1.54) is 5.56 Å². The van der Waals surface area contributed by atoms with Crippen LogP contribution < -0.4 is 9.91 Å². The molecule has 0 aliphatic carbocycles. The van der Waals surface area contributed by atoms with Crippen molar-refractivity contribution < 1.29 is 0 Å². The van der Waals surface area contributed by atoms with E-state index in [2.05, 4.69) is 72.5 Å². The highest BCUT2D eigenvalue weighted by atomic mass is 15.5. The molecule has 1 heterocycles. The molecule has 0 bridgehead atoms. The van der Waals surface area contributed by atoms with Crippen LogP contribution in [0.4, 0.5) is 17.1 Å². The summed E-state index contributed by atoms with van der Waals surface area (Å²) in [5, 5.41) is 16.4. The normalized spacial score (nSPS) is 13.7. The SMILES string of the molecule is CC(c1ccccc1)N1C(c2ccc(C#N)cc2)=NN(c2ccccc2)c2ccccc21. The Hall–Kier alpha value is -4.36. The molecule has 1 unspecified atom stereocenters. The molecule has 1 aliphatic heterocycles. The number of hydrogen-bond donors (Lipinski definition) is 0. The van der Waals surface area contributed by atoms with Crippen molar-refractivity contribution in [3.63, 3.8) is 0 Å². The van der Waals surface area contributed by atoms with Crippen LogP contribution in [0.2, 0.25) is 0 Å². The van der Waals surface area contributed by atoms with Gasteiger partial charge >= 0.3 is 0 Å². The van der Waals surface area contributed by atoms with Crippen LogP contribution in [0, 0.1) is 11.3 Å². The first-order chi connectivity index (χ1) is 15.8. The van der Waals surface area contributed by atoms with Gasteiger partial charge in [0.2, 0.25) is 0 Å². The second-order valence-electron chi connectivity index (χ2n) is 7.71.